The second kappa shape index (κ2) is 5.44. The van der Waals surface area contributed by atoms with Gasteiger partial charge in [0.15, 0.2) is 5.78 Å². The monoisotopic (exact) mass is 331 g/mol. The van der Waals surface area contributed by atoms with Crippen LogP contribution >= 0.6 is 15.9 Å². The molecule has 0 aliphatic heterocycles. The number of halogens is 1. The first-order chi connectivity index (χ1) is 9.66. The molecule has 1 saturated carbocycles. The van der Waals surface area contributed by atoms with Gasteiger partial charge in [-0.3, -0.25) is 14.6 Å². The van der Waals surface area contributed by atoms with E-state index < -0.39 is 0 Å². The van der Waals surface area contributed by atoms with Crippen molar-refractivity contribution in [1.29, 1.82) is 0 Å². The van der Waals surface area contributed by atoms with Gasteiger partial charge in [-0.2, -0.15) is 0 Å². The van der Waals surface area contributed by atoms with Crippen molar-refractivity contribution in [2.45, 2.75) is 25.7 Å². The SMILES string of the molecule is O=C1CCCC(C(=O)c2ccc(Br)c3cccnc23)C1. The third-order valence-electron chi connectivity index (χ3n) is 3.83. The first kappa shape index (κ1) is 13.4. The lowest BCUT2D eigenvalue weighted by atomic mass is 9.83. The molecule has 1 unspecified atom stereocenters. The van der Waals surface area contributed by atoms with Gasteiger partial charge < -0.3 is 0 Å². The Morgan fingerprint density at radius 1 is 1.30 bits per heavy atom. The molecule has 1 fully saturated rings. The zero-order chi connectivity index (χ0) is 14.1. The number of rotatable bonds is 2. The molecule has 0 spiro atoms. The Kier molecular flexibility index (Phi) is 3.66. The van der Waals surface area contributed by atoms with Crippen molar-refractivity contribution in [3.63, 3.8) is 0 Å². The fraction of sp³-hybridized carbons (Fsp3) is 0.312. The minimum atomic E-state index is -0.178. The molecule has 1 aliphatic rings. The summed E-state index contributed by atoms with van der Waals surface area (Å²) < 4.78 is 0.928. The van der Waals surface area contributed by atoms with Crippen molar-refractivity contribution in [3.05, 3.63) is 40.5 Å². The zero-order valence-corrected chi connectivity index (χ0v) is 12.5. The molecule has 0 saturated heterocycles. The molecule has 1 aliphatic carbocycles. The van der Waals surface area contributed by atoms with Crippen LogP contribution in [0.25, 0.3) is 10.9 Å². The van der Waals surface area contributed by atoms with Gasteiger partial charge in [0.25, 0.3) is 0 Å². The molecular weight excluding hydrogens is 318 g/mol. The van der Waals surface area contributed by atoms with E-state index in [9.17, 15) is 9.59 Å². The van der Waals surface area contributed by atoms with Crippen molar-refractivity contribution < 1.29 is 9.59 Å². The number of hydrogen-bond donors (Lipinski definition) is 0. The summed E-state index contributed by atoms with van der Waals surface area (Å²) in [6, 6.07) is 7.48. The summed E-state index contributed by atoms with van der Waals surface area (Å²) in [6.07, 6.45) is 4.30. The van der Waals surface area contributed by atoms with Gasteiger partial charge in [0.05, 0.1) is 5.52 Å². The number of hydrogen-bond acceptors (Lipinski definition) is 3. The number of fused-ring (bicyclic) bond motifs is 1. The van der Waals surface area contributed by atoms with Gasteiger partial charge in [-0.1, -0.05) is 22.0 Å². The average molecular weight is 332 g/mol. The molecule has 3 rings (SSSR count). The fourth-order valence-corrected chi connectivity index (χ4v) is 3.26. The van der Waals surface area contributed by atoms with Crippen LogP contribution in [0.2, 0.25) is 0 Å². The first-order valence-electron chi connectivity index (χ1n) is 6.76. The predicted octanol–water partition coefficient (Wildman–Crippen LogP) is 3.94. The molecule has 0 amide bonds. The van der Waals surface area contributed by atoms with Crippen LogP contribution in [0.5, 0.6) is 0 Å². The van der Waals surface area contributed by atoms with Gasteiger partial charge in [-0.05, 0) is 31.0 Å². The van der Waals surface area contributed by atoms with Crippen LogP contribution < -0.4 is 0 Å². The van der Waals surface area contributed by atoms with E-state index in [4.69, 9.17) is 0 Å². The largest absolute Gasteiger partial charge is 0.300 e. The zero-order valence-electron chi connectivity index (χ0n) is 10.9. The molecule has 1 heterocycles. The van der Waals surface area contributed by atoms with E-state index in [0.717, 1.165) is 22.7 Å². The van der Waals surface area contributed by atoms with Crippen LogP contribution in [0.4, 0.5) is 0 Å². The number of ketones is 2. The van der Waals surface area contributed by atoms with Crippen LogP contribution in [0.3, 0.4) is 0 Å². The maximum absolute atomic E-state index is 12.7. The maximum Gasteiger partial charge on any atom is 0.168 e. The average Bonchev–Trinajstić information content (AvgIpc) is 2.47. The number of aromatic nitrogens is 1. The van der Waals surface area contributed by atoms with E-state index in [-0.39, 0.29) is 17.5 Å². The van der Waals surface area contributed by atoms with Gasteiger partial charge in [0.2, 0.25) is 0 Å². The molecule has 1 aromatic heterocycles. The Bertz CT molecular complexity index is 696. The third-order valence-corrected chi connectivity index (χ3v) is 4.53. The van der Waals surface area contributed by atoms with E-state index in [1.54, 1.807) is 12.3 Å². The van der Waals surface area contributed by atoms with Crippen LogP contribution in [0, 0.1) is 5.92 Å². The summed E-state index contributed by atoms with van der Waals surface area (Å²) in [5.41, 5.74) is 1.34. The number of carbonyl (C=O) groups is 2. The van der Waals surface area contributed by atoms with Gasteiger partial charge in [0.1, 0.15) is 5.78 Å². The normalized spacial score (nSPS) is 19.2. The highest BCUT2D eigenvalue weighted by molar-refractivity contribution is 9.10. The van der Waals surface area contributed by atoms with Crippen LogP contribution in [0.1, 0.15) is 36.0 Å². The molecule has 1 aromatic carbocycles. The smallest absolute Gasteiger partial charge is 0.168 e. The van der Waals surface area contributed by atoms with E-state index in [0.29, 0.717) is 23.9 Å². The number of pyridine rings is 1. The molecule has 2 aromatic rings. The molecular formula is C16H14BrNO2. The summed E-state index contributed by atoms with van der Waals surface area (Å²) >= 11 is 3.48. The van der Waals surface area contributed by atoms with Gasteiger partial charge in [0, 0.05) is 40.4 Å². The van der Waals surface area contributed by atoms with Gasteiger partial charge in [-0.15, -0.1) is 0 Å². The Balaban J connectivity index is 2.04. The first-order valence-corrected chi connectivity index (χ1v) is 7.55. The topological polar surface area (TPSA) is 47.0 Å². The van der Waals surface area contributed by atoms with Crippen molar-refractivity contribution in [2.24, 2.45) is 5.92 Å². The maximum atomic E-state index is 12.7. The Labute approximate surface area is 125 Å². The summed E-state index contributed by atoms with van der Waals surface area (Å²) in [5.74, 6) is 0.0702. The summed E-state index contributed by atoms with van der Waals surface area (Å²) in [5, 5.41) is 0.931. The number of nitrogens with zero attached hydrogens (tertiary/aromatic N) is 1. The van der Waals surface area contributed by atoms with E-state index >= 15 is 0 Å². The highest BCUT2D eigenvalue weighted by Gasteiger charge is 2.27. The number of carbonyl (C=O) groups excluding carboxylic acids is 2. The van der Waals surface area contributed by atoms with Crippen molar-refractivity contribution in [1.82, 2.24) is 4.98 Å². The highest BCUT2D eigenvalue weighted by Crippen LogP contribution is 2.30. The second-order valence-electron chi connectivity index (χ2n) is 5.19. The predicted molar refractivity (Wildman–Crippen MR) is 80.7 cm³/mol. The van der Waals surface area contributed by atoms with Crippen LogP contribution in [-0.4, -0.2) is 16.6 Å². The summed E-state index contributed by atoms with van der Waals surface area (Å²) in [4.78, 5) is 28.6. The Hall–Kier alpha value is -1.55. The summed E-state index contributed by atoms with van der Waals surface area (Å²) in [7, 11) is 0. The third kappa shape index (κ3) is 2.40. The van der Waals surface area contributed by atoms with Crippen LogP contribution in [0.15, 0.2) is 34.9 Å². The molecule has 3 nitrogen and oxygen atoms in total. The lowest BCUT2D eigenvalue weighted by molar-refractivity contribution is -0.121. The molecule has 4 heteroatoms. The van der Waals surface area contributed by atoms with Crippen molar-refractivity contribution >= 4 is 38.4 Å². The van der Waals surface area contributed by atoms with Crippen molar-refractivity contribution in [2.75, 3.05) is 0 Å². The van der Waals surface area contributed by atoms with Gasteiger partial charge >= 0.3 is 0 Å². The molecule has 1 atom stereocenters. The summed E-state index contributed by atoms with van der Waals surface area (Å²) in [6.45, 7) is 0. The highest BCUT2D eigenvalue weighted by atomic mass is 79.9. The van der Waals surface area contributed by atoms with E-state index in [2.05, 4.69) is 20.9 Å². The molecule has 0 N–H and O–H groups in total. The minimum absolute atomic E-state index is 0.0502. The molecule has 0 bridgehead atoms. The molecule has 20 heavy (non-hydrogen) atoms. The standard InChI is InChI=1S/C16H14BrNO2/c17-14-7-6-13(15-12(14)5-2-8-18-15)16(20)10-3-1-4-11(19)9-10/h2,5-8,10H,1,3-4,9H2. The van der Waals surface area contributed by atoms with E-state index in [1.807, 2.05) is 18.2 Å². The lowest BCUT2D eigenvalue weighted by Gasteiger charge is -2.20. The Morgan fingerprint density at radius 2 is 2.15 bits per heavy atom. The quantitative estimate of drug-likeness (QED) is 0.783. The second-order valence-corrected chi connectivity index (χ2v) is 6.05. The van der Waals surface area contributed by atoms with E-state index in [1.165, 1.54) is 0 Å². The van der Waals surface area contributed by atoms with Crippen molar-refractivity contribution in [3.8, 4) is 0 Å². The Morgan fingerprint density at radius 3 is 2.95 bits per heavy atom. The minimum Gasteiger partial charge on any atom is -0.300 e. The fourth-order valence-electron chi connectivity index (χ4n) is 2.80. The molecule has 102 valence electrons. The molecule has 0 radical (unpaired) electrons. The van der Waals surface area contributed by atoms with Crippen LogP contribution in [-0.2, 0) is 4.79 Å². The number of benzene rings is 1. The van der Waals surface area contributed by atoms with Gasteiger partial charge in [-0.25, -0.2) is 0 Å². The lowest BCUT2D eigenvalue weighted by Crippen LogP contribution is -2.23. The number of Topliss-reactive ketones (excluding diaryl/α,β-unsaturated/α-hetero) is 2.